The number of ether oxygens (including phenoxy) is 1. The van der Waals surface area contributed by atoms with E-state index in [1.807, 2.05) is 32.0 Å². The molecule has 0 heterocycles. The van der Waals surface area contributed by atoms with Gasteiger partial charge in [0.2, 0.25) is 5.91 Å². The summed E-state index contributed by atoms with van der Waals surface area (Å²) in [5, 5.41) is 6.38. The molecule has 0 aliphatic heterocycles. The lowest BCUT2D eigenvalue weighted by Crippen LogP contribution is -2.39. The zero-order valence-electron chi connectivity index (χ0n) is 15.0. The second-order valence-electron chi connectivity index (χ2n) is 5.24. The molecule has 1 amide bonds. The fraction of sp³-hybridized carbons (Fsp3) is 0.529. The highest BCUT2D eigenvalue weighted by Gasteiger charge is 2.04. The molecule has 0 aliphatic carbocycles. The van der Waals surface area contributed by atoms with Crippen molar-refractivity contribution in [2.45, 2.75) is 20.3 Å². The van der Waals surface area contributed by atoms with Crippen LogP contribution in [0.2, 0.25) is 0 Å². The highest BCUT2D eigenvalue weighted by molar-refractivity contribution is 14.0. The monoisotopic (exact) mass is 448 g/mol. The number of halogens is 1. The number of likely N-dealkylation sites (N-methyl/N-ethyl adjacent to an activating group) is 1. The molecule has 6 nitrogen and oxygen atoms in total. The standard InChI is InChI=1S/C17H28N4O2.HI/c1-5-18-17(20-13-16(22)21(3)4)19-11-10-14-8-7-9-15(12-14)23-6-2;/h7-9,12H,5-6,10-11,13H2,1-4H3,(H2,18,19,20);1H. The van der Waals surface area contributed by atoms with Crippen LogP contribution in [0, 0.1) is 0 Å². The van der Waals surface area contributed by atoms with Crippen molar-refractivity contribution >= 4 is 35.8 Å². The van der Waals surface area contributed by atoms with Crippen LogP contribution in [0.25, 0.3) is 0 Å². The summed E-state index contributed by atoms with van der Waals surface area (Å²) >= 11 is 0. The third-order valence-corrected chi connectivity index (χ3v) is 3.13. The molecule has 0 bridgehead atoms. The van der Waals surface area contributed by atoms with Gasteiger partial charge in [0.15, 0.2) is 5.96 Å². The summed E-state index contributed by atoms with van der Waals surface area (Å²) in [5.74, 6) is 1.53. The minimum atomic E-state index is -0.0216. The number of hydrogen-bond donors (Lipinski definition) is 2. The van der Waals surface area contributed by atoms with Crippen molar-refractivity contribution < 1.29 is 9.53 Å². The summed E-state index contributed by atoms with van der Waals surface area (Å²) < 4.78 is 5.50. The first-order chi connectivity index (χ1) is 11.1. The van der Waals surface area contributed by atoms with E-state index in [1.165, 1.54) is 10.5 Å². The van der Waals surface area contributed by atoms with Gasteiger partial charge in [-0.05, 0) is 38.0 Å². The topological polar surface area (TPSA) is 66.0 Å². The van der Waals surface area contributed by atoms with Gasteiger partial charge in [0.1, 0.15) is 12.3 Å². The Hall–Kier alpha value is -1.51. The summed E-state index contributed by atoms with van der Waals surface area (Å²) in [5.41, 5.74) is 1.20. The number of hydrogen-bond acceptors (Lipinski definition) is 3. The van der Waals surface area contributed by atoms with E-state index in [9.17, 15) is 4.79 Å². The number of carbonyl (C=O) groups is 1. The third-order valence-electron chi connectivity index (χ3n) is 3.13. The maximum atomic E-state index is 11.6. The third kappa shape index (κ3) is 8.95. The van der Waals surface area contributed by atoms with Crippen molar-refractivity contribution in [1.82, 2.24) is 15.5 Å². The zero-order valence-corrected chi connectivity index (χ0v) is 17.3. The normalized spacial score (nSPS) is 10.6. The first-order valence-corrected chi connectivity index (χ1v) is 8.00. The van der Waals surface area contributed by atoms with Crippen LogP contribution in [0.5, 0.6) is 5.75 Å². The Balaban J connectivity index is 0.00000529. The Labute approximate surface area is 162 Å². The molecule has 0 atom stereocenters. The predicted octanol–water partition coefficient (Wildman–Crippen LogP) is 1.89. The molecule has 1 rings (SSSR count). The molecule has 0 aliphatic rings. The molecular weight excluding hydrogens is 419 g/mol. The SMILES string of the molecule is CCNC(=NCC(=O)N(C)C)NCCc1cccc(OCC)c1.I. The van der Waals surface area contributed by atoms with Crippen LogP contribution >= 0.6 is 24.0 Å². The van der Waals surface area contributed by atoms with Crippen LogP contribution in [-0.2, 0) is 11.2 Å². The number of nitrogens with zero attached hydrogens (tertiary/aromatic N) is 2. The summed E-state index contributed by atoms with van der Waals surface area (Å²) in [6, 6.07) is 8.07. The number of nitrogens with one attached hydrogen (secondary N) is 2. The predicted molar refractivity (Wildman–Crippen MR) is 109 cm³/mol. The van der Waals surface area contributed by atoms with Gasteiger partial charge in [-0.2, -0.15) is 0 Å². The highest BCUT2D eigenvalue weighted by atomic mass is 127. The van der Waals surface area contributed by atoms with E-state index < -0.39 is 0 Å². The highest BCUT2D eigenvalue weighted by Crippen LogP contribution is 2.13. The summed E-state index contributed by atoms with van der Waals surface area (Å²) in [4.78, 5) is 17.4. The van der Waals surface area contributed by atoms with E-state index in [-0.39, 0.29) is 36.4 Å². The van der Waals surface area contributed by atoms with E-state index in [1.54, 1.807) is 14.1 Å². The molecule has 0 unspecified atom stereocenters. The molecular formula is C17H29IN4O2. The largest absolute Gasteiger partial charge is 0.494 e. The Morgan fingerprint density at radius 1 is 1.25 bits per heavy atom. The lowest BCUT2D eigenvalue weighted by atomic mass is 10.1. The molecule has 2 N–H and O–H groups in total. The number of amides is 1. The van der Waals surface area contributed by atoms with Gasteiger partial charge >= 0.3 is 0 Å². The van der Waals surface area contributed by atoms with Crippen LogP contribution in [0.4, 0.5) is 0 Å². The van der Waals surface area contributed by atoms with Crippen molar-refractivity contribution in [1.29, 1.82) is 0 Å². The molecule has 0 aromatic heterocycles. The molecule has 0 radical (unpaired) electrons. The van der Waals surface area contributed by atoms with Crippen molar-refractivity contribution in [2.75, 3.05) is 40.3 Å². The zero-order chi connectivity index (χ0) is 17.1. The first-order valence-electron chi connectivity index (χ1n) is 8.00. The average molecular weight is 448 g/mol. The number of carbonyl (C=O) groups excluding carboxylic acids is 1. The molecule has 1 aromatic carbocycles. The van der Waals surface area contributed by atoms with Gasteiger partial charge in [0.25, 0.3) is 0 Å². The molecule has 24 heavy (non-hydrogen) atoms. The number of benzene rings is 1. The summed E-state index contributed by atoms with van der Waals surface area (Å²) in [6.45, 7) is 6.26. The quantitative estimate of drug-likeness (QED) is 0.362. The van der Waals surface area contributed by atoms with Crippen LogP contribution in [-0.4, -0.2) is 57.1 Å². The minimum Gasteiger partial charge on any atom is -0.494 e. The molecule has 7 heteroatoms. The van der Waals surface area contributed by atoms with Crippen molar-refractivity contribution in [2.24, 2.45) is 4.99 Å². The molecule has 0 spiro atoms. The number of aliphatic imine (C=N–C) groups is 1. The van der Waals surface area contributed by atoms with Gasteiger partial charge < -0.3 is 20.3 Å². The second-order valence-corrected chi connectivity index (χ2v) is 5.24. The van der Waals surface area contributed by atoms with E-state index >= 15 is 0 Å². The van der Waals surface area contributed by atoms with Gasteiger partial charge in [-0.1, -0.05) is 12.1 Å². The maximum Gasteiger partial charge on any atom is 0.243 e. The van der Waals surface area contributed by atoms with Gasteiger partial charge in [0.05, 0.1) is 6.61 Å². The molecule has 0 saturated carbocycles. The van der Waals surface area contributed by atoms with Gasteiger partial charge in [-0.15, -0.1) is 24.0 Å². The Bertz CT molecular complexity index is 521. The fourth-order valence-corrected chi connectivity index (χ4v) is 1.91. The Morgan fingerprint density at radius 3 is 2.62 bits per heavy atom. The molecule has 136 valence electrons. The first kappa shape index (κ1) is 22.5. The molecule has 1 aromatic rings. The fourth-order valence-electron chi connectivity index (χ4n) is 1.91. The second kappa shape index (κ2) is 12.9. The minimum absolute atomic E-state index is 0. The molecule has 0 fully saturated rings. The van der Waals surface area contributed by atoms with E-state index in [4.69, 9.17) is 4.74 Å². The lowest BCUT2D eigenvalue weighted by molar-refractivity contribution is -0.127. The van der Waals surface area contributed by atoms with Gasteiger partial charge in [-0.25, -0.2) is 4.99 Å². The van der Waals surface area contributed by atoms with Crippen molar-refractivity contribution in [3.63, 3.8) is 0 Å². The van der Waals surface area contributed by atoms with Gasteiger partial charge in [-0.3, -0.25) is 4.79 Å². The van der Waals surface area contributed by atoms with Crippen molar-refractivity contribution in [3.05, 3.63) is 29.8 Å². The average Bonchev–Trinajstić information content (AvgIpc) is 2.53. The van der Waals surface area contributed by atoms with Crippen molar-refractivity contribution in [3.8, 4) is 5.75 Å². The summed E-state index contributed by atoms with van der Waals surface area (Å²) in [6.07, 6.45) is 0.854. The van der Waals surface area contributed by atoms with Crippen LogP contribution in [0.1, 0.15) is 19.4 Å². The number of guanidine groups is 1. The van der Waals surface area contributed by atoms with E-state index in [0.29, 0.717) is 12.6 Å². The van der Waals surface area contributed by atoms with Gasteiger partial charge in [0, 0.05) is 27.2 Å². The van der Waals surface area contributed by atoms with E-state index in [2.05, 4.69) is 21.7 Å². The van der Waals surface area contributed by atoms with Crippen LogP contribution < -0.4 is 15.4 Å². The lowest BCUT2D eigenvalue weighted by Gasteiger charge is -2.13. The maximum absolute atomic E-state index is 11.6. The smallest absolute Gasteiger partial charge is 0.243 e. The Kier molecular flexibility index (Phi) is 12.0. The number of rotatable bonds is 8. The van der Waals surface area contributed by atoms with Crippen LogP contribution in [0.3, 0.4) is 0 Å². The van der Waals surface area contributed by atoms with E-state index in [0.717, 1.165) is 25.3 Å². The molecule has 0 saturated heterocycles. The Morgan fingerprint density at radius 2 is 2.00 bits per heavy atom. The summed E-state index contributed by atoms with van der Waals surface area (Å²) in [7, 11) is 3.45. The van der Waals surface area contributed by atoms with Crippen LogP contribution in [0.15, 0.2) is 29.3 Å².